The van der Waals surface area contributed by atoms with Crippen LogP contribution in [-0.2, 0) is 10.8 Å². The third-order valence-electron chi connectivity index (χ3n) is 5.79. The van der Waals surface area contributed by atoms with Gasteiger partial charge < -0.3 is 0 Å². The molecule has 4 rings (SSSR count). The lowest BCUT2D eigenvalue weighted by Gasteiger charge is -2.37. The van der Waals surface area contributed by atoms with Gasteiger partial charge in [-0.1, -0.05) is 70.2 Å². The molecule has 0 nitrogen and oxygen atoms in total. The Morgan fingerprint density at radius 1 is 0.650 bits per heavy atom. The van der Waals surface area contributed by atoms with Gasteiger partial charge in [0.15, 0.2) is 0 Å². The summed E-state index contributed by atoms with van der Waals surface area (Å²) < 4.78 is 0. The van der Waals surface area contributed by atoms with Crippen molar-refractivity contribution in [2.24, 2.45) is 0 Å². The fourth-order valence-corrected chi connectivity index (χ4v) is 3.85. The van der Waals surface area contributed by atoms with Crippen LogP contribution in [0.15, 0.2) is 48.5 Å². The van der Waals surface area contributed by atoms with E-state index in [1.54, 1.807) is 0 Å². The lowest BCUT2D eigenvalue weighted by atomic mass is 9.66. The van der Waals surface area contributed by atoms with Crippen molar-refractivity contribution in [2.75, 3.05) is 0 Å². The van der Waals surface area contributed by atoms with E-state index in [9.17, 15) is 0 Å². The highest BCUT2D eigenvalue weighted by Crippen LogP contribution is 2.55. The molecule has 3 aromatic rings. The van der Waals surface area contributed by atoms with Crippen LogP contribution in [0, 0.1) is 0 Å². The predicted molar refractivity (Wildman–Crippen MR) is 87.5 cm³/mol. The van der Waals surface area contributed by atoms with Gasteiger partial charge in [0, 0.05) is 0 Å². The van der Waals surface area contributed by atoms with Crippen molar-refractivity contribution in [3.63, 3.8) is 0 Å². The molecule has 0 N–H and O–H groups in total. The van der Waals surface area contributed by atoms with Gasteiger partial charge in [-0.25, -0.2) is 0 Å². The summed E-state index contributed by atoms with van der Waals surface area (Å²) in [4.78, 5) is 0. The van der Waals surface area contributed by atoms with Crippen LogP contribution in [0.25, 0.3) is 21.5 Å². The molecule has 0 unspecified atom stereocenters. The highest BCUT2D eigenvalue weighted by molar-refractivity contribution is 6.11. The van der Waals surface area contributed by atoms with E-state index >= 15 is 0 Å². The second-order valence-corrected chi connectivity index (χ2v) is 7.12. The quantitative estimate of drug-likeness (QED) is 0.464. The molecule has 0 spiro atoms. The molecule has 0 fully saturated rings. The second-order valence-electron chi connectivity index (χ2n) is 7.12. The van der Waals surface area contributed by atoms with Crippen LogP contribution < -0.4 is 0 Å². The van der Waals surface area contributed by atoms with Gasteiger partial charge in [-0.3, -0.25) is 0 Å². The van der Waals surface area contributed by atoms with Crippen molar-refractivity contribution < 1.29 is 0 Å². The summed E-state index contributed by atoms with van der Waals surface area (Å²) in [5.41, 5.74) is 3.35. The van der Waals surface area contributed by atoms with Gasteiger partial charge in [0.2, 0.25) is 0 Å². The average Bonchev–Trinajstić information content (AvgIpc) is 2.59. The largest absolute Gasteiger partial charge is 0.0616 e. The molecule has 0 saturated carbocycles. The molecule has 20 heavy (non-hydrogen) atoms. The molecule has 100 valence electrons. The van der Waals surface area contributed by atoms with E-state index in [-0.39, 0.29) is 10.8 Å². The lowest BCUT2D eigenvalue weighted by Crippen LogP contribution is -2.35. The molecule has 0 atom stereocenters. The molecule has 3 aromatic carbocycles. The Hall–Kier alpha value is -1.82. The molecule has 1 aliphatic rings. The number of rotatable bonds is 0. The van der Waals surface area contributed by atoms with Crippen molar-refractivity contribution in [2.45, 2.75) is 38.5 Å². The fourth-order valence-electron chi connectivity index (χ4n) is 3.85. The zero-order chi connectivity index (χ0) is 14.1. The number of fused-ring (bicyclic) bond motifs is 2. The number of hydrogen-bond donors (Lipinski definition) is 0. The Labute approximate surface area is 120 Å². The summed E-state index contributed by atoms with van der Waals surface area (Å²) >= 11 is 0. The summed E-state index contributed by atoms with van der Waals surface area (Å²) in [6.45, 7) is 9.53. The maximum Gasteiger partial charge on any atom is -0.000535 e. The normalized spacial score (nSPS) is 18.8. The molecular formula is C20H20. The fraction of sp³-hybridized carbons (Fsp3) is 0.300. The monoisotopic (exact) mass is 260 g/mol. The van der Waals surface area contributed by atoms with Crippen LogP contribution in [0.2, 0.25) is 0 Å². The van der Waals surface area contributed by atoms with Crippen molar-refractivity contribution in [3.8, 4) is 0 Å². The minimum absolute atomic E-state index is 0.166. The molecule has 0 radical (unpaired) electrons. The summed E-state index contributed by atoms with van der Waals surface area (Å²) in [5.74, 6) is 0. The van der Waals surface area contributed by atoms with E-state index < -0.39 is 0 Å². The van der Waals surface area contributed by atoms with Crippen LogP contribution in [0.3, 0.4) is 0 Å². The Balaban J connectivity index is 2.32. The van der Waals surface area contributed by atoms with Crippen LogP contribution in [-0.4, -0.2) is 0 Å². The van der Waals surface area contributed by atoms with Crippen LogP contribution in [0.4, 0.5) is 0 Å². The van der Waals surface area contributed by atoms with Gasteiger partial charge in [-0.15, -0.1) is 0 Å². The maximum absolute atomic E-state index is 2.41. The van der Waals surface area contributed by atoms with Crippen LogP contribution in [0.1, 0.15) is 38.8 Å². The SMILES string of the molecule is CC1(C)c2cccc3c2c(cc2ccccc23)C1(C)C. The van der Waals surface area contributed by atoms with Crippen molar-refractivity contribution in [1.82, 2.24) is 0 Å². The van der Waals surface area contributed by atoms with Gasteiger partial charge in [-0.05, 0) is 49.6 Å². The van der Waals surface area contributed by atoms with Gasteiger partial charge >= 0.3 is 0 Å². The first kappa shape index (κ1) is 12.0. The molecule has 0 heteroatoms. The Kier molecular flexibility index (Phi) is 2.05. The highest BCUT2D eigenvalue weighted by Gasteiger charge is 2.46. The van der Waals surface area contributed by atoms with E-state index in [1.165, 1.54) is 32.7 Å². The molecule has 0 amide bonds. The first-order valence-electron chi connectivity index (χ1n) is 7.40. The summed E-state index contributed by atoms with van der Waals surface area (Å²) in [6, 6.07) is 18.0. The van der Waals surface area contributed by atoms with Crippen molar-refractivity contribution in [3.05, 3.63) is 59.7 Å². The molecule has 0 bridgehead atoms. The van der Waals surface area contributed by atoms with Crippen LogP contribution in [0.5, 0.6) is 0 Å². The van der Waals surface area contributed by atoms with Gasteiger partial charge in [0.05, 0.1) is 0 Å². The van der Waals surface area contributed by atoms with Crippen molar-refractivity contribution in [1.29, 1.82) is 0 Å². The average molecular weight is 260 g/mol. The van der Waals surface area contributed by atoms with E-state index in [2.05, 4.69) is 76.2 Å². The first-order chi connectivity index (χ1) is 9.44. The molecule has 0 heterocycles. The number of benzene rings is 3. The smallest absolute Gasteiger partial charge is 0.000535 e. The first-order valence-corrected chi connectivity index (χ1v) is 7.40. The molecule has 0 aromatic heterocycles. The van der Waals surface area contributed by atoms with Gasteiger partial charge in [0.1, 0.15) is 0 Å². The van der Waals surface area contributed by atoms with Crippen LogP contribution >= 0.6 is 0 Å². The van der Waals surface area contributed by atoms with Gasteiger partial charge in [-0.2, -0.15) is 0 Å². The summed E-state index contributed by atoms with van der Waals surface area (Å²) in [6.07, 6.45) is 0. The zero-order valence-electron chi connectivity index (χ0n) is 12.6. The highest BCUT2D eigenvalue weighted by atomic mass is 14.5. The minimum Gasteiger partial charge on any atom is -0.0616 e. The standard InChI is InChI=1S/C20H20/c1-19(2)16-11-7-10-15-14-9-6-5-8-13(14)12-17(18(15)16)20(19,3)4/h5-12H,1-4H3. The summed E-state index contributed by atoms with van der Waals surface area (Å²) in [5, 5.41) is 5.63. The molecule has 0 aliphatic heterocycles. The Morgan fingerprint density at radius 3 is 2.10 bits per heavy atom. The Bertz CT molecular complexity index is 850. The summed E-state index contributed by atoms with van der Waals surface area (Å²) in [7, 11) is 0. The zero-order valence-corrected chi connectivity index (χ0v) is 12.6. The van der Waals surface area contributed by atoms with E-state index in [0.717, 1.165) is 0 Å². The molecule has 1 aliphatic carbocycles. The van der Waals surface area contributed by atoms with Gasteiger partial charge in [0.25, 0.3) is 0 Å². The second kappa shape index (κ2) is 3.44. The van der Waals surface area contributed by atoms with E-state index in [1.807, 2.05) is 0 Å². The predicted octanol–water partition coefficient (Wildman–Crippen LogP) is 5.56. The number of hydrogen-bond acceptors (Lipinski definition) is 0. The topological polar surface area (TPSA) is 0 Å². The molecular weight excluding hydrogens is 240 g/mol. The molecule has 0 saturated heterocycles. The van der Waals surface area contributed by atoms with Crippen molar-refractivity contribution >= 4 is 21.5 Å². The van der Waals surface area contributed by atoms with E-state index in [4.69, 9.17) is 0 Å². The van der Waals surface area contributed by atoms with E-state index in [0.29, 0.717) is 0 Å². The lowest BCUT2D eigenvalue weighted by molar-refractivity contribution is 0.322. The minimum atomic E-state index is 0.166. The third kappa shape index (κ3) is 1.18. The third-order valence-corrected chi connectivity index (χ3v) is 5.79. The maximum atomic E-state index is 2.41. The Morgan fingerprint density at radius 2 is 1.30 bits per heavy atom.